The summed E-state index contributed by atoms with van der Waals surface area (Å²) >= 11 is 0. The molecule has 0 radical (unpaired) electrons. The van der Waals surface area contributed by atoms with Gasteiger partial charge in [-0.1, -0.05) is 24.3 Å². The minimum atomic E-state index is 0.0372. The van der Waals surface area contributed by atoms with Gasteiger partial charge in [0.15, 0.2) is 0 Å². The first kappa shape index (κ1) is 22.5. The van der Waals surface area contributed by atoms with Gasteiger partial charge in [0.1, 0.15) is 17.2 Å². The van der Waals surface area contributed by atoms with Crippen molar-refractivity contribution in [3.8, 4) is 17.2 Å². The van der Waals surface area contributed by atoms with Crippen LogP contribution >= 0.6 is 0 Å². The van der Waals surface area contributed by atoms with Gasteiger partial charge in [-0.05, 0) is 61.6 Å². The smallest absolute Gasteiger partial charge is 0.246 e. The van der Waals surface area contributed by atoms with Crippen LogP contribution in [0, 0.1) is 0 Å². The van der Waals surface area contributed by atoms with E-state index in [2.05, 4.69) is 6.92 Å². The van der Waals surface area contributed by atoms with Gasteiger partial charge >= 0.3 is 0 Å². The molecule has 1 fully saturated rings. The average Bonchev–Trinajstić information content (AvgIpc) is 2.81. The Morgan fingerprint density at radius 1 is 0.935 bits per heavy atom. The van der Waals surface area contributed by atoms with Gasteiger partial charge in [-0.3, -0.25) is 4.79 Å². The molecule has 0 spiro atoms. The Morgan fingerprint density at radius 3 is 2.32 bits per heavy atom. The molecular weight excluding hydrogens is 390 g/mol. The standard InChI is InChI=1S/C26H31NO4/c1-19-7-5-6-16-27(19)26(28)15-14-24-21(17-23(30-3)18-25(24)31-4)11-8-20-9-12-22(29-2)13-10-20/h8-15,17-19H,5-7,16H2,1-4H3/b11-8+,15-14+. The van der Waals surface area contributed by atoms with Crippen molar-refractivity contribution in [3.05, 3.63) is 59.2 Å². The summed E-state index contributed by atoms with van der Waals surface area (Å²) in [6.45, 7) is 2.93. The van der Waals surface area contributed by atoms with Crippen molar-refractivity contribution in [2.45, 2.75) is 32.2 Å². The Kier molecular flexibility index (Phi) is 7.76. The third-order valence-electron chi connectivity index (χ3n) is 5.65. The van der Waals surface area contributed by atoms with E-state index in [4.69, 9.17) is 14.2 Å². The molecule has 2 aromatic rings. The lowest BCUT2D eigenvalue weighted by molar-refractivity contribution is -0.129. The number of rotatable bonds is 7. The first-order chi connectivity index (χ1) is 15.0. The quantitative estimate of drug-likeness (QED) is 0.450. The second-order valence-electron chi connectivity index (χ2n) is 7.65. The summed E-state index contributed by atoms with van der Waals surface area (Å²) in [6.07, 6.45) is 10.8. The average molecular weight is 422 g/mol. The molecule has 1 heterocycles. The highest BCUT2D eigenvalue weighted by Crippen LogP contribution is 2.31. The number of likely N-dealkylation sites (tertiary alicyclic amines) is 1. The molecule has 1 aliphatic rings. The van der Waals surface area contributed by atoms with E-state index >= 15 is 0 Å². The lowest BCUT2D eigenvalue weighted by Gasteiger charge is -2.32. The zero-order chi connectivity index (χ0) is 22.2. The molecule has 2 aromatic carbocycles. The number of nitrogens with zero attached hydrogens (tertiary/aromatic N) is 1. The van der Waals surface area contributed by atoms with Crippen LogP contribution in [0.25, 0.3) is 18.2 Å². The number of hydrogen-bond donors (Lipinski definition) is 0. The first-order valence-electron chi connectivity index (χ1n) is 10.6. The van der Waals surface area contributed by atoms with Gasteiger partial charge < -0.3 is 19.1 Å². The van der Waals surface area contributed by atoms with Crippen LogP contribution in [0.2, 0.25) is 0 Å². The van der Waals surface area contributed by atoms with E-state index in [1.54, 1.807) is 27.4 Å². The second-order valence-corrected chi connectivity index (χ2v) is 7.65. The van der Waals surface area contributed by atoms with Crippen molar-refractivity contribution in [3.63, 3.8) is 0 Å². The molecule has 0 aliphatic carbocycles. The molecule has 0 N–H and O–H groups in total. The molecule has 5 heteroatoms. The summed E-state index contributed by atoms with van der Waals surface area (Å²) < 4.78 is 16.3. The molecular formula is C26H31NO4. The van der Waals surface area contributed by atoms with Gasteiger partial charge in [0.2, 0.25) is 5.91 Å². The first-order valence-corrected chi connectivity index (χ1v) is 10.6. The summed E-state index contributed by atoms with van der Waals surface area (Å²) in [6, 6.07) is 11.9. The summed E-state index contributed by atoms with van der Waals surface area (Å²) in [5.74, 6) is 2.20. The Morgan fingerprint density at radius 2 is 1.68 bits per heavy atom. The second kappa shape index (κ2) is 10.7. The Bertz CT molecular complexity index is 947. The van der Waals surface area contributed by atoms with Gasteiger partial charge in [0.25, 0.3) is 0 Å². The van der Waals surface area contributed by atoms with Crippen LogP contribution in [0.4, 0.5) is 0 Å². The van der Waals surface area contributed by atoms with Crippen LogP contribution in [-0.2, 0) is 4.79 Å². The Hall–Kier alpha value is -3.21. The van der Waals surface area contributed by atoms with Crippen LogP contribution in [0.15, 0.2) is 42.5 Å². The Balaban J connectivity index is 1.91. The van der Waals surface area contributed by atoms with Crippen LogP contribution in [0.1, 0.15) is 42.9 Å². The lowest BCUT2D eigenvalue weighted by Crippen LogP contribution is -2.41. The predicted octanol–water partition coefficient (Wildman–Crippen LogP) is 5.30. The van der Waals surface area contributed by atoms with E-state index in [9.17, 15) is 4.79 Å². The number of amides is 1. The zero-order valence-electron chi connectivity index (χ0n) is 18.8. The van der Waals surface area contributed by atoms with Gasteiger partial charge in [-0.2, -0.15) is 0 Å². The fourth-order valence-corrected chi connectivity index (χ4v) is 3.80. The maximum atomic E-state index is 12.8. The van der Waals surface area contributed by atoms with E-state index in [1.165, 1.54) is 6.42 Å². The van der Waals surface area contributed by atoms with Crippen LogP contribution in [0.5, 0.6) is 17.2 Å². The summed E-state index contributed by atoms with van der Waals surface area (Å²) in [4.78, 5) is 14.7. The molecule has 31 heavy (non-hydrogen) atoms. The number of benzene rings is 2. The van der Waals surface area contributed by atoms with Crippen LogP contribution in [0.3, 0.4) is 0 Å². The van der Waals surface area contributed by atoms with Gasteiger partial charge in [0, 0.05) is 30.3 Å². The monoisotopic (exact) mass is 421 g/mol. The molecule has 0 aromatic heterocycles. The van der Waals surface area contributed by atoms with E-state index in [-0.39, 0.29) is 11.9 Å². The molecule has 1 amide bonds. The summed E-state index contributed by atoms with van der Waals surface area (Å²) in [5, 5.41) is 0. The molecule has 1 atom stereocenters. The minimum absolute atomic E-state index is 0.0372. The summed E-state index contributed by atoms with van der Waals surface area (Å²) in [7, 11) is 4.90. The van der Waals surface area contributed by atoms with Gasteiger partial charge in [0.05, 0.1) is 21.3 Å². The van der Waals surface area contributed by atoms with E-state index in [0.717, 1.165) is 41.8 Å². The third-order valence-corrected chi connectivity index (χ3v) is 5.65. The van der Waals surface area contributed by atoms with Crippen molar-refractivity contribution < 1.29 is 19.0 Å². The zero-order valence-corrected chi connectivity index (χ0v) is 18.8. The highest BCUT2D eigenvalue weighted by Gasteiger charge is 2.21. The van der Waals surface area contributed by atoms with Crippen LogP contribution in [-0.4, -0.2) is 44.7 Å². The number of ether oxygens (including phenoxy) is 3. The number of carbonyl (C=O) groups excluding carboxylic acids is 1. The van der Waals surface area contributed by atoms with E-state index in [1.807, 2.05) is 59.5 Å². The van der Waals surface area contributed by atoms with Crippen molar-refractivity contribution >= 4 is 24.1 Å². The number of hydrogen-bond acceptors (Lipinski definition) is 4. The van der Waals surface area contributed by atoms with Crippen LogP contribution < -0.4 is 14.2 Å². The maximum absolute atomic E-state index is 12.8. The van der Waals surface area contributed by atoms with E-state index in [0.29, 0.717) is 11.5 Å². The number of methoxy groups -OCH3 is 3. The molecule has 1 aliphatic heterocycles. The Labute approximate surface area is 184 Å². The molecule has 0 bridgehead atoms. The number of carbonyl (C=O) groups is 1. The molecule has 3 rings (SSSR count). The SMILES string of the molecule is COc1ccc(/C=C/c2cc(OC)cc(OC)c2/C=C/C(=O)N2CCCCC2C)cc1. The number of piperidine rings is 1. The highest BCUT2D eigenvalue weighted by molar-refractivity contribution is 5.93. The molecule has 1 saturated heterocycles. The van der Waals surface area contributed by atoms with Crippen molar-refractivity contribution in [1.29, 1.82) is 0 Å². The van der Waals surface area contributed by atoms with Gasteiger partial charge in [-0.15, -0.1) is 0 Å². The topological polar surface area (TPSA) is 48.0 Å². The van der Waals surface area contributed by atoms with Crippen molar-refractivity contribution in [1.82, 2.24) is 4.90 Å². The van der Waals surface area contributed by atoms with Crippen molar-refractivity contribution in [2.24, 2.45) is 0 Å². The normalized spacial score (nSPS) is 16.6. The summed E-state index contributed by atoms with van der Waals surface area (Å²) in [5.41, 5.74) is 2.78. The highest BCUT2D eigenvalue weighted by atomic mass is 16.5. The minimum Gasteiger partial charge on any atom is -0.497 e. The predicted molar refractivity (Wildman–Crippen MR) is 126 cm³/mol. The van der Waals surface area contributed by atoms with E-state index < -0.39 is 0 Å². The molecule has 5 nitrogen and oxygen atoms in total. The molecule has 0 saturated carbocycles. The molecule has 1 unspecified atom stereocenters. The molecule has 164 valence electrons. The fourth-order valence-electron chi connectivity index (χ4n) is 3.80. The maximum Gasteiger partial charge on any atom is 0.246 e. The largest absolute Gasteiger partial charge is 0.497 e. The van der Waals surface area contributed by atoms with Crippen molar-refractivity contribution in [2.75, 3.05) is 27.9 Å². The van der Waals surface area contributed by atoms with Gasteiger partial charge in [-0.25, -0.2) is 0 Å². The lowest BCUT2D eigenvalue weighted by atomic mass is 10.0. The fraction of sp³-hybridized carbons (Fsp3) is 0.346. The third kappa shape index (κ3) is 5.69.